The molecule has 0 aliphatic rings. The van der Waals surface area contributed by atoms with E-state index in [0.717, 1.165) is 16.6 Å². The maximum atomic E-state index is 12.3. The molecule has 6 heteroatoms. The third-order valence-corrected chi connectivity index (χ3v) is 4.32. The summed E-state index contributed by atoms with van der Waals surface area (Å²) in [5, 5.41) is 12.3. The highest BCUT2D eigenvalue weighted by molar-refractivity contribution is 5.81. The van der Waals surface area contributed by atoms with Gasteiger partial charge in [0.15, 0.2) is 0 Å². The van der Waals surface area contributed by atoms with Gasteiger partial charge in [-0.1, -0.05) is 32.0 Å². The number of H-pyrrole nitrogens is 2. The molecule has 4 N–H and O–H groups in total. The van der Waals surface area contributed by atoms with Crippen LogP contribution in [0.5, 0.6) is 5.75 Å². The second-order valence-corrected chi connectivity index (χ2v) is 6.84. The van der Waals surface area contributed by atoms with Gasteiger partial charge in [0.25, 0.3) is 0 Å². The molecule has 0 aliphatic heterocycles. The average Bonchev–Trinajstić information content (AvgIpc) is 2.93. The quantitative estimate of drug-likeness (QED) is 0.573. The monoisotopic (exact) mass is 339 g/mol. The van der Waals surface area contributed by atoms with E-state index in [1.54, 1.807) is 24.3 Å². The van der Waals surface area contributed by atoms with Gasteiger partial charge in [-0.2, -0.15) is 0 Å². The van der Waals surface area contributed by atoms with Crippen LogP contribution in [0, 0.1) is 0 Å². The number of carbonyl (C=O) groups is 1. The SMILES string of the molecule is CC(C)(CNC(=O)Cc1ccc2[nH]c(=O)[nH]c2c1)c1ccc(O)cc1. The Morgan fingerprint density at radius 2 is 1.76 bits per heavy atom. The molecule has 0 bridgehead atoms. The number of amides is 1. The minimum absolute atomic E-state index is 0.0796. The van der Waals surface area contributed by atoms with Gasteiger partial charge in [-0.15, -0.1) is 0 Å². The summed E-state index contributed by atoms with van der Waals surface area (Å²) in [6.45, 7) is 4.56. The number of rotatable bonds is 5. The first-order chi connectivity index (χ1) is 11.8. The van der Waals surface area contributed by atoms with Crippen LogP contribution in [0.4, 0.5) is 0 Å². The molecule has 1 aromatic heterocycles. The number of aromatic hydroxyl groups is 1. The Kier molecular flexibility index (Phi) is 4.35. The van der Waals surface area contributed by atoms with Crippen molar-refractivity contribution < 1.29 is 9.90 Å². The smallest absolute Gasteiger partial charge is 0.323 e. The largest absolute Gasteiger partial charge is 0.508 e. The van der Waals surface area contributed by atoms with Crippen LogP contribution < -0.4 is 11.0 Å². The van der Waals surface area contributed by atoms with Gasteiger partial charge in [-0.3, -0.25) is 4.79 Å². The van der Waals surface area contributed by atoms with Crippen molar-refractivity contribution in [1.29, 1.82) is 0 Å². The maximum Gasteiger partial charge on any atom is 0.323 e. The summed E-state index contributed by atoms with van der Waals surface area (Å²) in [5.74, 6) is 0.144. The topological polar surface area (TPSA) is 98.0 Å². The number of hydrogen-bond acceptors (Lipinski definition) is 3. The minimum Gasteiger partial charge on any atom is -0.508 e. The minimum atomic E-state index is -0.257. The van der Waals surface area contributed by atoms with Crippen LogP contribution in [0.1, 0.15) is 25.0 Å². The lowest BCUT2D eigenvalue weighted by atomic mass is 9.84. The van der Waals surface area contributed by atoms with Crippen LogP contribution in [0.25, 0.3) is 11.0 Å². The number of benzene rings is 2. The summed E-state index contributed by atoms with van der Waals surface area (Å²) in [4.78, 5) is 28.9. The van der Waals surface area contributed by atoms with Crippen LogP contribution in [0.15, 0.2) is 47.3 Å². The Morgan fingerprint density at radius 1 is 1.08 bits per heavy atom. The Bertz CT molecular complexity index is 952. The van der Waals surface area contributed by atoms with Crippen molar-refractivity contribution in [2.45, 2.75) is 25.7 Å². The zero-order valence-electron chi connectivity index (χ0n) is 14.2. The molecule has 0 atom stereocenters. The first-order valence-electron chi connectivity index (χ1n) is 8.11. The van der Waals surface area contributed by atoms with Crippen LogP contribution >= 0.6 is 0 Å². The van der Waals surface area contributed by atoms with E-state index in [0.29, 0.717) is 12.1 Å². The van der Waals surface area contributed by atoms with Crippen molar-refractivity contribution in [3.63, 3.8) is 0 Å². The fourth-order valence-corrected chi connectivity index (χ4v) is 2.77. The van der Waals surface area contributed by atoms with Crippen LogP contribution in [-0.4, -0.2) is 27.5 Å². The molecule has 3 rings (SSSR count). The van der Waals surface area contributed by atoms with Gasteiger partial charge in [0.2, 0.25) is 5.91 Å². The number of imidazole rings is 1. The van der Waals surface area contributed by atoms with Crippen LogP contribution in [0.3, 0.4) is 0 Å². The van der Waals surface area contributed by atoms with E-state index in [-0.39, 0.29) is 29.2 Å². The standard InChI is InChI=1S/C19H21N3O3/c1-19(2,13-4-6-14(23)7-5-13)11-20-17(24)10-12-3-8-15-16(9-12)22-18(25)21-15/h3-9,23H,10-11H2,1-2H3,(H,20,24)(H2,21,22,25). The molecule has 0 saturated carbocycles. The van der Waals surface area contributed by atoms with E-state index in [2.05, 4.69) is 15.3 Å². The first kappa shape index (κ1) is 16.8. The molecule has 0 radical (unpaired) electrons. The molecule has 2 aromatic carbocycles. The van der Waals surface area contributed by atoms with Gasteiger partial charge in [0.05, 0.1) is 17.5 Å². The van der Waals surface area contributed by atoms with Gasteiger partial charge in [0, 0.05) is 12.0 Å². The van der Waals surface area contributed by atoms with E-state index in [9.17, 15) is 14.7 Å². The maximum absolute atomic E-state index is 12.3. The van der Waals surface area contributed by atoms with Crippen molar-refractivity contribution >= 4 is 16.9 Å². The molecule has 3 aromatic rings. The van der Waals surface area contributed by atoms with Gasteiger partial charge in [0.1, 0.15) is 5.75 Å². The second kappa shape index (κ2) is 6.47. The Labute approximate surface area is 144 Å². The third-order valence-electron chi connectivity index (χ3n) is 4.32. The Hall–Kier alpha value is -3.02. The molecule has 0 unspecified atom stereocenters. The van der Waals surface area contributed by atoms with E-state index in [1.165, 1.54) is 0 Å². The zero-order chi connectivity index (χ0) is 18.0. The average molecular weight is 339 g/mol. The van der Waals surface area contributed by atoms with Crippen LogP contribution in [-0.2, 0) is 16.6 Å². The predicted molar refractivity (Wildman–Crippen MR) is 96.8 cm³/mol. The predicted octanol–water partition coefficient (Wildman–Crippen LogP) is 2.20. The van der Waals surface area contributed by atoms with Gasteiger partial charge < -0.3 is 20.4 Å². The molecule has 6 nitrogen and oxygen atoms in total. The lowest BCUT2D eigenvalue weighted by molar-refractivity contribution is -0.120. The fourth-order valence-electron chi connectivity index (χ4n) is 2.77. The first-order valence-corrected chi connectivity index (χ1v) is 8.11. The number of phenolic OH excluding ortho intramolecular Hbond substituents is 1. The summed E-state index contributed by atoms with van der Waals surface area (Å²) >= 11 is 0. The van der Waals surface area contributed by atoms with Crippen molar-refractivity contribution in [2.75, 3.05) is 6.54 Å². The summed E-state index contributed by atoms with van der Waals surface area (Å²) < 4.78 is 0. The van der Waals surface area contributed by atoms with E-state index in [1.807, 2.05) is 32.0 Å². The van der Waals surface area contributed by atoms with E-state index in [4.69, 9.17) is 0 Å². The van der Waals surface area contributed by atoms with E-state index >= 15 is 0 Å². The number of hydrogen-bond donors (Lipinski definition) is 4. The highest BCUT2D eigenvalue weighted by Gasteiger charge is 2.21. The number of aromatic amines is 2. The molecule has 0 aliphatic carbocycles. The van der Waals surface area contributed by atoms with Crippen molar-refractivity contribution in [3.8, 4) is 5.75 Å². The van der Waals surface area contributed by atoms with Crippen molar-refractivity contribution in [3.05, 3.63) is 64.1 Å². The highest BCUT2D eigenvalue weighted by Crippen LogP contribution is 2.24. The third kappa shape index (κ3) is 3.91. The Balaban J connectivity index is 1.63. The number of nitrogens with one attached hydrogen (secondary N) is 3. The summed E-state index contributed by atoms with van der Waals surface area (Å²) in [7, 11) is 0. The van der Waals surface area contributed by atoms with E-state index < -0.39 is 0 Å². The lowest BCUT2D eigenvalue weighted by Gasteiger charge is -2.25. The zero-order valence-corrected chi connectivity index (χ0v) is 14.2. The molecular formula is C19H21N3O3. The molecule has 0 saturated heterocycles. The lowest BCUT2D eigenvalue weighted by Crippen LogP contribution is -2.37. The number of phenols is 1. The molecular weight excluding hydrogens is 318 g/mol. The van der Waals surface area contributed by atoms with Gasteiger partial charge in [-0.25, -0.2) is 4.79 Å². The second-order valence-electron chi connectivity index (χ2n) is 6.84. The molecule has 0 fully saturated rings. The molecule has 1 heterocycles. The normalized spacial score (nSPS) is 11.6. The molecule has 1 amide bonds. The summed E-state index contributed by atoms with van der Waals surface area (Å²) in [6, 6.07) is 12.4. The number of carbonyl (C=O) groups excluding carboxylic acids is 1. The van der Waals surface area contributed by atoms with Gasteiger partial charge in [-0.05, 0) is 35.4 Å². The van der Waals surface area contributed by atoms with Crippen molar-refractivity contribution in [1.82, 2.24) is 15.3 Å². The fraction of sp³-hybridized carbons (Fsp3) is 0.263. The molecule has 25 heavy (non-hydrogen) atoms. The highest BCUT2D eigenvalue weighted by atomic mass is 16.3. The number of fused-ring (bicyclic) bond motifs is 1. The summed E-state index contributed by atoms with van der Waals surface area (Å²) in [6.07, 6.45) is 0.245. The molecule has 0 spiro atoms. The van der Waals surface area contributed by atoms with Crippen LogP contribution in [0.2, 0.25) is 0 Å². The van der Waals surface area contributed by atoms with Crippen molar-refractivity contribution in [2.24, 2.45) is 0 Å². The summed E-state index contributed by atoms with van der Waals surface area (Å²) in [5.41, 5.74) is 2.79. The molecule has 130 valence electrons. The Morgan fingerprint density at radius 3 is 2.48 bits per heavy atom. The number of aromatic nitrogens is 2. The van der Waals surface area contributed by atoms with Gasteiger partial charge >= 0.3 is 5.69 Å².